The predicted octanol–water partition coefficient (Wildman–Crippen LogP) is 4.72. The summed E-state index contributed by atoms with van der Waals surface area (Å²) in [5.74, 6) is -1.39. The summed E-state index contributed by atoms with van der Waals surface area (Å²) in [4.78, 5) is 23.0. The molecule has 3 aromatic rings. The standard InChI is InChI=1S/C16H10F3NO4S2/c1-20(26-9-4-2-3-8(5-9)16(17,18)19)13-7-11-12(25-13)6-10(14(21)22)15(23)24-11/h2-7H,1H3,(H,21,22). The third-order valence-corrected chi connectivity index (χ3v) is 5.55. The summed E-state index contributed by atoms with van der Waals surface area (Å²) < 4.78 is 45.4. The summed E-state index contributed by atoms with van der Waals surface area (Å²) in [6, 6.07) is 7.66. The number of hydrogen-bond acceptors (Lipinski definition) is 6. The molecular formula is C16H10F3NO4S2. The molecule has 0 unspecified atom stereocenters. The van der Waals surface area contributed by atoms with Crippen LogP contribution in [0.15, 0.2) is 50.5 Å². The molecular weight excluding hydrogens is 391 g/mol. The molecule has 3 rings (SSSR count). The molecule has 0 aliphatic rings. The molecule has 26 heavy (non-hydrogen) atoms. The summed E-state index contributed by atoms with van der Waals surface area (Å²) >= 11 is 2.23. The normalized spacial score (nSPS) is 11.7. The maximum Gasteiger partial charge on any atom is 0.416 e. The Morgan fingerprint density at radius 3 is 2.65 bits per heavy atom. The van der Waals surface area contributed by atoms with Crippen molar-refractivity contribution in [1.29, 1.82) is 0 Å². The van der Waals surface area contributed by atoms with E-state index in [0.717, 1.165) is 35.4 Å². The summed E-state index contributed by atoms with van der Waals surface area (Å²) in [6.45, 7) is 0. The Kier molecular flexibility index (Phi) is 4.72. The second-order valence-electron chi connectivity index (χ2n) is 5.18. The minimum absolute atomic E-state index is 0.219. The lowest BCUT2D eigenvalue weighted by molar-refractivity contribution is -0.137. The maximum absolute atomic E-state index is 12.8. The van der Waals surface area contributed by atoms with Crippen molar-refractivity contribution in [2.45, 2.75) is 11.1 Å². The number of alkyl halides is 3. The highest BCUT2D eigenvalue weighted by Crippen LogP contribution is 2.38. The molecule has 0 saturated heterocycles. The highest BCUT2D eigenvalue weighted by atomic mass is 32.2. The van der Waals surface area contributed by atoms with Gasteiger partial charge in [0.05, 0.1) is 10.3 Å². The number of carbonyl (C=O) groups is 1. The Morgan fingerprint density at radius 1 is 1.27 bits per heavy atom. The van der Waals surface area contributed by atoms with Crippen LogP contribution >= 0.6 is 23.3 Å². The van der Waals surface area contributed by atoms with Crippen LogP contribution in [0.25, 0.3) is 10.3 Å². The van der Waals surface area contributed by atoms with Crippen LogP contribution in [0, 0.1) is 0 Å². The minimum Gasteiger partial charge on any atom is -0.477 e. The largest absolute Gasteiger partial charge is 0.477 e. The molecule has 0 atom stereocenters. The van der Waals surface area contributed by atoms with E-state index in [1.54, 1.807) is 17.4 Å². The highest BCUT2D eigenvalue weighted by molar-refractivity contribution is 8.00. The molecule has 0 spiro atoms. The number of halogens is 3. The number of anilines is 1. The van der Waals surface area contributed by atoms with E-state index in [2.05, 4.69) is 0 Å². The average Bonchev–Trinajstić information content (AvgIpc) is 2.96. The van der Waals surface area contributed by atoms with Crippen molar-refractivity contribution in [3.8, 4) is 0 Å². The van der Waals surface area contributed by atoms with Crippen LogP contribution < -0.4 is 9.93 Å². The van der Waals surface area contributed by atoms with E-state index >= 15 is 0 Å². The summed E-state index contributed by atoms with van der Waals surface area (Å²) in [5, 5.41) is 9.56. The number of benzene rings is 1. The van der Waals surface area contributed by atoms with Crippen LogP contribution in [0.5, 0.6) is 0 Å². The Hall–Kier alpha value is -2.46. The monoisotopic (exact) mass is 401 g/mol. The van der Waals surface area contributed by atoms with Crippen molar-refractivity contribution < 1.29 is 27.5 Å². The van der Waals surface area contributed by atoms with Crippen molar-refractivity contribution in [3.05, 3.63) is 57.9 Å². The molecule has 0 saturated carbocycles. The van der Waals surface area contributed by atoms with Gasteiger partial charge in [0.2, 0.25) is 0 Å². The number of aromatic carboxylic acids is 1. The zero-order chi connectivity index (χ0) is 19.1. The van der Waals surface area contributed by atoms with Gasteiger partial charge in [-0.15, -0.1) is 11.3 Å². The van der Waals surface area contributed by atoms with E-state index in [-0.39, 0.29) is 5.58 Å². The third kappa shape index (κ3) is 3.70. The Balaban J connectivity index is 1.90. The van der Waals surface area contributed by atoms with E-state index in [1.165, 1.54) is 18.2 Å². The van der Waals surface area contributed by atoms with Crippen LogP contribution in [0.2, 0.25) is 0 Å². The summed E-state index contributed by atoms with van der Waals surface area (Å²) in [6.07, 6.45) is -4.43. The second kappa shape index (κ2) is 6.69. The zero-order valence-electron chi connectivity index (χ0n) is 13.0. The fourth-order valence-corrected chi connectivity index (χ4v) is 4.04. The smallest absolute Gasteiger partial charge is 0.416 e. The summed E-state index contributed by atoms with van der Waals surface area (Å²) in [7, 11) is 1.64. The Bertz CT molecular complexity index is 1040. The molecule has 0 aliphatic carbocycles. The second-order valence-corrected chi connectivity index (χ2v) is 7.44. The fraction of sp³-hybridized carbons (Fsp3) is 0.125. The summed E-state index contributed by atoms with van der Waals surface area (Å²) in [5.41, 5.74) is -1.96. The number of carboxylic acids is 1. The van der Waals surface area contributed by atoms with E-state index < -0.39 is 28.9 Å². The van der Waals surface area contributed by atoms with E-state index in [9.17, 15) is 22.8 Å². The highest BCUT2D eigenvalue weighted by Gasteiger charge is 2.30. The van der Waals surface area contributed by atoms with Crippen LogP contribution in [0.4, 0.5) is 18.2 Å². The van der Waals surface area contributed by atoms with Gasteiger partial charge in [0, 0.05) is 18.0 Å². The van der Waals surface area contributed by atoms with Gasteiger partial charge in [0.15, 0.2) is 5.58 Å². The van der Waals surface area contributed by atoms with E-state index in [4.69, 9.17) is 9.52 Å². The molecule has 0 bridgehead atoms. The Labute approximate surface area is 152 Å². The molecule has 2 heterocycles. The number of thiophene rings is 1. The molecule has 0 fully saturated rings. The first-order valence-electron chi connectivity index (χ1n) is 7.05. The first kappa shape index (κ1) is 18.3. The molecule has 136 valence electrons. The number of hydrogen-bond donors (Lipinski definition) is 1. The molecule has 1 N–H and O–H groups in total. The molecule has 0 radical (unpaired) electrons. The molecule has 5 nitrogen and oxygen atoms in total. The topological polar surface area (TPSA) is 70.8 Å². The van der Waals surface area contributed by atoms with Gasteiger partial charge in [-0.3, -0.25) is 0 Å². The van der Waals surface area contributed by atoms with Gasteiger partial charge in [-0.25, -0.2) is 9.59 Å². The molecule has 1 aromatic carbocycles. The lowest BCUT2D eigenvalue weighted by Crippen LogP contribution is -2.12. The number of nitrogens with zero attached hydrogens (tertiary/aromatic N) is 1. The predicted molar refractivity (Wildman–Crippen MR) is 93.0 cm³/mol. The molecule has 2 aromatic heterocycles. The van der Waals surface area contributed by atoms with Gasteiger partial charge in [0.1, 0.15) is 10.6 Å². The maximum atomic E-state index is 12.8. The van der Waals surface area contributed by atoms with Gasteiger partial charge in [-0.05, 0) is 36.2 Å². The van der Waals surface area contributed by atoms with Crippen molar-refractivity contribution in [3.63, 3.8) is 0 Å². The van der Waals surface area contributed by atoms with E-state index in [1.807, 2.05) is 0 Å². The first-order valence-corrected chi connectivity index (χ1v) is 8.64. The number of fused-ring (bicyclic) bond motifs is 1. The average molecular weight is 401 g/mol. The first-order chi connectivity index (χ1) is 12.1. The van der Waals surface area contributed by atoms with Crippen LogP contribution in [-0.2, 0) is 6.18 Å². The zero-order valence-corrected chi connectivity index (χ0v) is 14.7. The molecule has 10 heteroatoms. The van der Waals surface area contributed by atoms with Gasteiger partial charge in [-0.2, -0.15) is 13.2 Å². The van der Waals surface area contributed by atoms with Gasteiger partial charge < -0.3 is 13.8 Å². The SMILES string of the molecule is CN(Sc1cccc(C(F)(F)F)c1)c1cc2oc(=O)c(C(=O)O)cc2s1. The van der Waals surface area contributed by atoms with Crippen molar-refractivity contribution in [2.75, 3.05) is 11.4 Å². The lowest BCUT2D eigenvalue weighted by atomic mass is 10.2. The molecule has 0 aliphatic heterocycles. The quantitative estimate of drug-likeness (QED) is 0.638. The van der Waals surface area contributed by atoms with Gasteiger partial charge >= 0.3 is 17.8 Å². The van der Waals surface area contributed by atoms with Gasteiger partial charge in [0.25, 0.3) is 0 Å². The van der Waals surface area contributed by atoms with Crippen LogP contribution in [0.1, 0.15) is 15.9 Å². The Morgan fingerprint density at radius 2 is 2.00 bits per heavy atom. The van der Waals surface area contributed by atoms with Crippen molar-refractivity contribution in [1.82, 2.24) is 0 Å². The van der Waals surface area contributed by atoms with Crippen molar-refractivity contribution in [2.24, 2.45) is 0 Å². The molecule has 0 amide bonds. The van der Waals surface area contributed by atoms with Crippen LogP contribution in [-0.4, -0.2) is 18.1 Å². The number of carboxylic acid groups (broad SMARTS) is 1. The van der Waals surface area contributed by atoms with Gasteiger partial charge in [-0.1, -0.05) is 6.07 Å². The third-order valence-electron chi connectivity index (χ3n) is 3.35. The number of rotatable bonds is 4. The van der Waals surface area contributed by atoms with Crippen molar-refractivity contribution >= 4 is 44.5 Å². The minimum atomic E-state index is -4.43. The van der Waals surface area contributed by atoms with Crippen LogP contribution in [0.3, 0.4) is 0 Å². The lowest BCUT2D eigenvalue weighted by Gasteiger charge is -2.16. The van der Waals surface area contributed by atoms with E-state index in [0.29, 0.717) is 14.6 Å². The fourth-order valence-electron chi connectivity index (χ4n) is 2.14.